The third-order valence-electron chi connectivity index (χ3n) is 5.28. The molecule has 7 nitrogen and oxygen atoms in total. The van der Waals surface area contributed by atoms with E-state index in [0.29, 0.717) is 11.6 Å². The maximum absolute atomic E-state index is 13.2. The third-order valence-corrected chi connectivity index (χ3v) is 5.28. The second kappa shape index (κ2) is 8.98. The zero-order valence-corrected chi connectivity index (χ0v) is 17.5. The van der Waals surface area contributed by atoms with E-state index in [9.17, 15) is 4.79 Å². The van der Waals surface area contributed by atoms with Crippen molar-refractivity contribution in [1.82, 2.24) is 14.8 Å². The van der Waals surface area contributed by atoms with Gasteiger partial charge in [0.05, 0.1) is 13.7 Å². The number of urea groups is 1. The number of anilines is 2. The van der Waals surface area contributed by atoms with E-state index >= 15 is 0 Å². The van der Waals surface area contributed by atoms with Gasteiger partial charge in [-0.15, -0.1) is 0 Å². The molecular formula is C23H27N5O2. The Hall–Kier alpha value is -3.35. The number of amides is 2. The highest BCUT2D eigenvalue weighted by molar-refractivity contribution is 6.01. The fraction of sp³-hybridized carbons (Fsp3) is 0.348. The summed E-state index contributed by atoms with van der Waals surface area (Å²) in [7, 11) is 1.61. The summed E-state index contributed by atoms with van der Waals surface area (Å²) in [5.74, 6) is 2.34. The average Bonchev–Trinajstić information content (AvgIpc) is 3.02. The number of nitrogens with one attached hydrogen (secondary N) is 1. The molecule has 0 unspecified atom stereocenters. The molecule has 1 aliphatic rings. The molecular weight excluding hydrogens is 378 g/mol. The molecule has 4 rings (SSSR count). The number of carbonyl (C=O) groups is 1. The van der Waals surface area contributed by atoms with Crippen LogP contribution in [0, 0.1) is 6.92 Å². The quantitative estimate of drug-likeness (QED) is 0.675. The van der Waals surface area contributed by atoms with Crippen molar-refractivity contribution in [1.29, 1.82) is 0 Å². The largest absolute Gasteiger partial charge is 0.497 e. The molecule has 7 heteroatoms. The van der Waals surface area contributed by atoms with Gasteiger partial charge in [-0.25, -0.2) is 14.5 Å². The average molecular weight is 406 g/mol. The molecule has 0 radical (unpaired) electrons. The van der Waals surface area contributed by atoms with Crippen LogP contribution in [0.3, 0.4) is 0 Å². The lowest BCUT2D eigenvalue weighted by atomic mass is 10.2. The lowest BCUT2D eigenvalue weighted by Crippen LogP contribution is -2.35. The maximum atomic E-state index is 13.2. The first-order valence-electron chi connectivity index (χ1n) is 10.3. The summed E-state index contributed by atoms with van der Waals surface area (Å²) in [6.45, 7) is 3.19. The number of nitrogens with zero attached hydrogens (tertiary/aromatic N) is 4. The number of rotatable bonds is 5. The fourth-order valence-electron chi connectivity index (χ4n) is 3.61. The second-order valence-corrected chi connectivity index (χ2v) is 7.56. The van der Waals surface area contributed by atoms with E-state index in [1.165, 1.54) is 6.42 Å². The summed E-state index contributed by atoms with van der Waals surface area (Å²) >= 11 is 0. The molecule has 0 saturated heterocycles. The van der Waals surface area contributed by atoms with E-state index < -0.39 is 0 Å². The lowest BCUT2D eigenvalue weighted by molar-refractivity contribution is 0.256. The molecule has 1 N–H and O–H groups in total. The molecule has 0 saturated carbocycles. The molecule has 156 valence electrons. The van der Waals surface area contributed by atoms with E-state index in [2.05, 4.69) is 10.4 Å². The van der Waals surface area contributed by atoms with Gasteiger partial charge in [-0.3, -0.25) is 4.90 Å². The molecule has 30 heavy (non-hydrogen) atoms. The van der Waals surface area contributed by atoms with Gasteiger partial charge < -0.3 is 10.1 Å². The SMILES string of the molecule is COc1cccc(N(Cc2nc3n(n2)CCCCC3)C(=O)Nc2ccc(C)cc2)c1. The Labute approximate surface area is 176 Å². The minimum atomic E-state index is -0.239. The Kier molecular flexibility index (Phi) is 5.97. The third kappa shape index (κ3) is 4.62. The molecule has 1 aromatic heterocycles. The first-order valence-corrected chi connectivity index (χ1v) is 10.3. The minimum Gasteiger partial charge on any atom is -0.497 e. The van der Waals surface area contributed by atoms with Crippen LogP contribution < -0.4 is 15.0 Å². The maximum Gasteiger partial charge on any atom is 0.326 e. The van der Waals surface area contributed by atoms with Crippen LogP contribution in [0.5, 0.6) is 5.75 Å². The van der Waals surface area contributed by atoms with Gasteiger partial charge >= 0.3 is 6.03 Å². The standard InChI is InChI=1S/C23H27N5O2/c1-17-10-12-18(13-11-17)24-23(29)27(19-7-6-8-20(15-19)30-2)16-21-25-22-9-4-3-5-14-28(22)26-21/h6-8,10-13,15H,3-5,9,14,16H2,1-2H3,(H,24,29). The lowest BCUT2D eigenvalue weighted by Gasteiger charge is -2.22. The highest BCUT2D eigenvalue weighted by atomic mass is 16.5. The van der Waals surface area contributed by atoms with Gasteiger partial charge in [0.25, 0.3) is 0 Å². The highest BCUT2D eigenvalue weighted by Gasteiger charge is 2.21. The Morgan fingerprint density at radius 1 is 1.17 bits per heavy atom. The number of benzene rings is 2. The second-order valence-electron chi connectivity index (χ2n) is 7.56. The van der Waals surface area contributed by atoms with Gasteiger partial charge in [-0.2, -0.15) is 5.10 Å². The van der Waals surface area contributed by atoms with Crippen LogP contribution in [0.4, 0.5) is 16.2 Å². The zero-order valence-electron chi connectivity index (χ0n) is 17.5. The summed E-state index contributed by atoms with van der Waals surface area (Å²) in [6, 6.07) is 15.0. The molecule has 0 bridgehead atoms. The predicted molar refractivity (Wildman–Crippen MR) is 117 cm³/mol. The highest BCUT2D eigenvalue weighted by Crippen LogP contribution is 2.24. The Bertz CT molecular complexity index is 989. The molecule has 0 atom stereocenters. The van der Waals surface area contributed by atoms with Crippen molar-refractivity contribution in [2.75, 3.05) is 17.3 Å². The van der Waals surface area contributed by atoms with E-state index in [1.54, 1.807) is 12.0 Å². The Morgan fingerprint density at radius 2 is 2.00 bits per heavy atom. The molecule has 2 heterocycles. The van der Waals surface area contributed by atoms with Crippen LogP contribution in [-0.4, -0.2) is 27.9 Å². The first-order chi connectivity index (χ1) is 14.6. The van der Waals surface area contributed by atoms with Crippen LogP contribution in [0.1, 0.15) is 36.5 Å². The van der Waals surface area contributed by atoms with Crippen molar-refractivity contribution in [3.63, 3.8) is 0 Å². The van der Waals surface area contributed by atoms with Crippen molar-refractivity contribution >= 4 is 17.4 Å². The fourth-order valence-corrected chi connectivity index (χ4v) is 3.61. The summed E-state index contributed by atoms with van der Waals surface area (Å²) in [4.78, 5) is 19.6. The van der Waals surface area contributed by atoms with E-state index in [1.807, 2.05) is 60.1 Å². The topological polar surface area (TPSA) is 72.3 Å². The van der Waals surface area contributed by atoms with Crippen LogP contribution in [-0.2, 0) is 19.5 Å². The minimum absolute atomic E-state index is 0.239. The van der Waals surface area contributed by atoms with Crippen LogP contribution in [0.2, 0.25) is 0 Å². The van der Waals surface area contributed by atoms with Crippen LogP contribution >= 0.6 is 0 Å². The molecule has 0 aliphatic carbocycles. The van der Waals surface area contributed by atoms with Gasteiger partial charge in [0.2, 0.25) is 0 Å². The summed E-state index contributed by atoms with van der Waals surface area (Å²) < 4.78 is 7.34. The number of aromatic nitrogens is 3. The smallest absolute Gasteiger partial charge is 0.326 e. The molecule has 2 amide bonds. The van der Waals surface area contributed by atoms with Crippen LogP contribution in [0.15, 0.2) is 48.5 Å². The first kappa shape index (κ1) is 19.9. The molecule has 0 fully saturated rings. The zero-order chi connectivity index (χ0) is 20.9. The number of carbonyl (C=O) groups excluding carboxylic acids is 1. The van der Waals surface area contributed by atoms with Gasteiger partial charge in [-0.05, 0) is 44.0 Å². The molecule has 2 aromatic carbocycles. The Balaban J connectivity index is 1.61. The van der Waals surface area contributed by atoms with Gasteiger partial charge in [0.1, 0.15) is 11.6 Å². The van der Waals surface area contributed by atoms with Gasteiger partial charge in [0, 0.05) is 30.4 Å². The van der Waals surface area contributed by atoms with E-state index in [-0.39, 0.29) is 12.6 Å². The molecule has 1 aliphatic heterocycles. The number of hydrogen-bond donors (Lipinski definition) is 1. The monoisotopic (exact) mass is 405 g/mol. The normalized spacial score (nSPS) is 13.3. The summed E-state index contributed by atoms with van der Waals surface area (Å²) in [5.41, 5.74) is 2.61. The molecule has 0 spiro atoms. The van der Waals surface area contributed by atoms with Gasteiger partial charge in [-0.1, -0.05) is 30.2 Å². The van der Waals surface area contributed by atoms with Crippen molar-refractivity contribution in [3.8, 4) is 5.75 Å². The predicted octanol–water partition coefficient (Wildman–Crippen LogP) is 4.56. The van der Waals surface area contributed by atoms with Crippen molar-refractivity contribution < 1.29 is 9.53 Å². The molecule has 3 aromatic rings. The summed E-state index contributed by atoms with van der Waals surface area (Å²) in [6.07, 6.45) is 4.38. The Morgan fingerprint density at radius 3 is 2.80 bits per heavy atom. The van der Waals surface area contributed by atoms with Crippen molar-refractivity contribution in [3.05, 3.63) is 65.7 Å². The van der Waals surface area contributed by atoms with Crippen molar-refractivity contribution in [2.24, 2.45) is 0 Å². The van der Waals surface area contributed by atoms with Gasteiger partial charge in [0.15, 0.2) is 5.82 Å². The number of methoxy groups -OCH3 is 1. The number of fused-ring (bicyclic) bond motifs is 1. The van der Waals surface area contributed by atoms with E-state index in [4.69, 9.17) is 9.72 Å². The summed E-state index contributed by atoms with van der Waals surface area (Å²) in [5, 5.41) is 7.65. The number of hydrogen-bond acceptors (Lipinski definition) is 4. The van der Waals surface area contributed by atoms with E-state index in [0.717, 1.165) is 48.6 Å². The number of aryl methyl sites for hydroxylation is 3. The van der Waals surface area contributed by atoms with Crippen LogP contribution in [0.25, 0.3) is 0 Å². The number of ether oxygens (including phenoxy) is 1. The van der Waals surface area contributed by atoms with Crippen molar-refractivity contribution in [2.45, 2.75) is 45.7 Å².